The predicted octanol–water partition coefficient (Wildman–Crippen LogP) is 4.64. The van der Waals surface area contributed by atoms with E-state index in [1.807, 2.05) is 0 Å². The monoisotopic (exact) mass is 363 g/mol. The van der Waals surface area contributed by atoms with Crippen LogP contribution in [0.5, 0.6) is 5.75 Å². The van der Waals surface area contributed by atoms with Crippen molar-refractivity contribution in [2.24, 2.45) is 11.7 Å². The second kappa shape index (κ2) is 8.97. The maximum atomic E-state index is 12.5. The molecule has 7 heteroatoms. The van der Waals surface area contributed by atoms with Crippen molar-refractivity contribution in [1.29, 1.82) is 0 Å². The molecule has 0 aliphatic heterocycles. The van der Waals surface area contributed by atoms with E-state index in [-0.39, 0.29) is 12.3 Å². The lowest BCUT2D eigenvalue weighted by Crippen LogP contribution is -2.17. The van der Waals surface area contributed by atoms with E-state index in [1.165, 1.54) is 56.0 Å². The Morgan fingerprint density at radius 2 is 1.92 bits per heavy atom. The average molecular weight is 363 g/mol. The molecule has 1 atom stereocenters. The van der Waals surface area contributed by atoms with E-state index in [0.717, 1.165) is 5.75 Å². The molecule has 136 valence electrons. The first kappa shape index (κ1) is 19.4. The van der Waals surface area contributed by atoms with E-state index in [0.29, 0.717) is 22.8 Å². The lowest BCUT2D eigenvalue weighted by molar-refractivity contribution is -0.274. The van der Waals surface area contributed by atoms with E-state index in [4.69, 9.17) is 5.73 Å². The van der Waals surface area contributed by atoms with Gasteiger partial charge in [0.1, 0.15) is 5.75 Å². The number of thioether (sulfide) groups is 1. The number of halogens is 3. The third-order valence-corrected chi connectivity index (χ3v) is 5.38. The summed E-state index contributed by atoms with van der Waals surface area (Å²) in [4.78, 5) is 0.688. The Morgan fingerprint density at radius 1 is 1.21 bits per heavy atom. The average Bonchev–Trinajstić information content (AvgIpc) is 2.52. The van der Waals surface area contributed by atoms with Gasteiger partial charge in [0.2, 0.25) is 0 Å². The lowest BCUT2D eigenvalue weighted by atomic mass is 9.91. The smallest absolute Gasteiger partial charge is 0.406 e. The number of alkyl halides is 3. The number of hydrogen-bond acceptors (Lipinski definition) is 4. The Bertz CT molecular complexity index is 519. The Balaban J connectivity index is 2.11. The number of aliphatic hydroxyl groups excluding tert-OH is 1. The van der Waals surface area contributed by atoms with E-state index in [9.17, 15) is 18.3 Å². The van der Waals surface area contributed by atoms with Crippen LogP contribution >= 0.6 is 11.8 Å². The van der Waals surface area contributed by atoms with Crippen LogP contribution in [0, 0.1) is 5.92 Å². The molecule has 0 bridgehead atoms. The van der Waals surface area contributed by atoms with Gasteiger partial charge < -0.3 is 15.6 Å². The maximum absolute atomic E-state index is 12.5. The first-order chi connectivity index (χ1) is 11.4. The van der Waals surface area contributed by atoms with Gasteiger partial charge in [-0.3, -0.25) is 0 Å². The zero-order chi connectivity index (χ0) is 17.6. The van der Waals surface area contributed by atoms with Crippen LogP contribution in [-0.2, 0) is 0 Å². The van der Waals surface area contributed by atoms with Gasteiger partial charge in [-0.25, -0.2) is 0 Å². The fourth-order valence-corrected chi connectivity index (χ4v) is 4.13. The number of aliphatic hydroxyl groups is 1. The molecule has 1 unspecified atom stereocenters. The topological polar surface area (TPSA) is 55.5 Å². The molecule has 24 heavy (non-hydrogen) atoms. The Kier molecular flexibility index (Phi) is 7.25. The minimum Gasteiger partial charge on any atom is -0.406 e. The number of hydrogen-bond donors (Lipinski definition) is 2. The van der Waals surface area contributed by atoms with Crippen molar-refractivity contribution in [3.05, 3.63) is 23.8 Å². The SMILES string of the molecule is NCCC(O)c1cc(OC(F)(F)F)cc(SCC2CCCCC2)c1. The molecule has 0 spiro atoms. The molecule has 2 rings (SSSR count). The molecular weight excluding hydrogens is 339 g/mol. The molecule has 1 fully saturated rings. The lowest BCUT2D eigenvalue weighted by Gasteiger charge is -2.21. The Morgan fingerprint density at radius 3 is 2.54 bits per heavy atom. The summed E-state index contributed by atoms with van der Waals surface area (Å²) in [7, 11) is 0. The third kappa shape index (κ3) is 6.53. The van der Waals surface area contributed by atoms with Crippen LogP contribution in [0.25, 0.3) is 0 Å². The highest BCUT2D eigenvalue weighted by atomic mass is 32.2. The van der Waals surface area contributed by atoms with E-state index >= 15 is 0 Å². The first-order valence-electron chi connectivity index (χ1n) is 8.29. The van der Waals surface area contributed by atoms with Crippen molar-refractivity contribution in [3.8, 4) is 5.75 Å². The summed E-state index contributed by atoms with van der Waals surface area (Å²) in [5.41, 5.74) is 5.83. The molecule has 0 aromatic heterocycles. The van der Waals surface area contributed by atoms with Gasteiger partial charge in [0.25, 0.3) is 0 Å². The molecule has 1 aliphatic rings. The Hall–Kier alpha value is -0.920. The van der Waals surface area contributed by atoms with Crippen LogP contribution in [0.15, 0.2) is 23.1 Å². The van der Waals surface area contributed by atoms with Gasteiger partial charge >= 0.3 is 6.36 Å². The van der Waals surface area contributed by atoms with Gasteiger partial charge in [-0.2, -0.15) is 0 Å². The van der Waals surface area contributed by atoms with Crippen LogP contribution < -0.4 is 10.5 Å². The van der Waals surface area contributed by atoms with Crippen LogP contribution in [-0.4, -0.2) is 23.8 Å². The fourth-order valence-electron chi connectivity index (χ4n) is 2.95. The second-order valence-electron chi connectivity index (χ2n) is 6.19. The number of nitrogens with two attached hydrogens (primary N) is 1. The molecule has 1 saturated carbocycles. The zero-order valence-electron chi connectivity index (χ0n) is 13.5. The first-order valence-corrected chi connectivity index (χ1v) is 9.27. The van der Waals surface area contributed by atoms with Gasteiger partial charge in [-0.15, -0.1) is 24.9 Å². The summed E-state index contributed by atoms with van der Waals surface area (Å²) in [6, 6.07) is 4.36. The number of benzene rings is 1. The summed E-state index contributed by atoms with van der Waals surface area (Å²) >= 11 is 1.53. The summed E-state index contributed by atoms with van der Waals surface area (Å²) in [6.45, 7) is 0.260. The summed E-state index contributed by atoms with van der Waals surface area (Å²) in [6.07, 6.45) is 0.728. The van der Waals surface area contributed by atoms with Gasteiger partial charge in [0.15, 0.2) is 0 Å². The van der Waals surface area contributed by atoms with Crippen LogP contribution in [0.4, 0.5) is 13.2 Å². The van der Waals surface area contributed by atoms with Crippen molar-refractivity contribution in [2.45, 2.75) is 55.9 Å². The molecule has 0 heterocycles. The zero-order valence-corrected chi connectivity index (χ0v) is 14.3. The largest absolute Gasteiger partial charge is 0.573 e. The summed E-state index contributed by atoms with van der Waals surface area (Å²) in [5, 5.41) is 10.1. The van der Waals surface area contributed by atoms with Gasteiger partial charge in [0.05, 0.1) is 6.10 Å². The summed E-state index contributed by atoms with van der Waals surface area (Å²) in [5.74, 6) is 1.19. The fraction of sp³-hybridized carbons (Fsp3) is 0.647. The molecule has 1 aromatic carbocycles. The van der Waals surface area contributed by atoms with Crippen LogP contribution in [0.2, 0.25) is 0 Å². The van der Waals surface area contributed by atoms with Crippen molar-refractivity contribution >= 4 is 11.8 Å². The molecule has 0 amide bonds. The quantitative estimate of drug-likeness (QED) is 0.693. The van der Waals surface area contributed by atoms with E-state index in [2.05, 4.69) is 4.74 Å². The summed E-state index contributed by atoms with van der Waals surface area (Å²) < 4.78 is 41.6. The highest BCUT2D eigenvalue weighted by molar-refractivity contribution is 7.99. The van der Waals surface area contributed by atoms with Crippen molar-refractivity contribution in [1.82, 2.24) is 0 Å². The minimum atomic E-state index is -4.75. The molecule has 1 aliphatic carbocycles. The molecule has 3 nitrogen and oxygen atoms in total. The third-order valence-electron chi connectivity index (χ3n) is 4.17. The van der Waals surface area contributed by atoms with E-state index < -0.39 is 12.5 Å². The van der Waals surface area contributed by atoms with Gasteiger partial charge in [-0.1, -0.05) is 19.3 Å². The highest BCUT2D eigenvalue weighted by Gasteiger charge is 2.31. The van der Waals surface area contributed by atoms with Crippen molar-refractivity contribution < 1.29 is 23.0 Å². The van der Waals surface area contributed by atoms with E-state index in [1.54, 1.807) is 6.07 Å². The minimum absolute atomic E-state index is 0.260. The molecule has 1 aromatic rings. The maximum Gasteiger partial charge on any atom is 0.573 e. The molecule has 3 N–H and O–H groups in total. The van der Waals surface area contributed by atoms with Crippen molar-refractivity contribution in [3.63, 3.8) is 0 Å². The van der Waals surface area contributed by atoms with Gasteiger partial charge in [-0.05, 0) is 55.5 Å². The predicted molar refractivity (Wildman–Crippen MR) is 89.1 cm³/mol. The Labute approximate surface area is 144 Å². The number of ether oxygens (including phenoxy) is 1. The second-order valence-corrected chi connectivity index (χ2v) is 7.29. The van der Waals surface area contributed by atoms with Crippen LogP contribution in [0.3, 0.4) is 0 Å². The number of rotatable bonds is 7. The highest BCUT2D eigenvalue weighted by Crippen LogP contribution is 2.35. The standard InChI is InChI=1S/C17H24F3NO2S/c18-17(19,20)23-14-8-13(16(22)6-7-21)9-15(10-14)24-11-12-4-2-1-3-5-12/h8-10,12,16,22H,1-7,11,21H2. The van der Waals surface area contributed by atoms with Crippen LogP contribution in [0.1, 0.15) is 50.2 Å². The van der Waals surface area contributed by atoms with Gasteiger partial charge in [0, 0.05) is 10.6 Å². The molecular formula is C17H24F3NO2S. The molecule has 0 saturated heterocycles. The molecule has 0 radical (unpaired) electrons. The normalized spacial score (nSPS) is 17.7. The van der Waals surface area contributed by atoms with Crippen molar-refractivity contribution in [2.75, 3.05) is 12.3 Å².